The predicted octanol–water partition coefficient (Wildman–Crippen LogP) is 3.68. The molecule has 20 heavy (non-hydrogen) atoms. The highest BCUT2D eigenvalue weighted by Crippen LogP contribution is 2.27. The second kappa shape index (κ2) is 6.07. The van der Waals surface area contributed by atoms with E-state index in [4.69, 9.17) is 16.0 Å². The van der Waals surface area contributed by atoms with E-state index in [2.05, 4.69) is 26.0 Å². The lowest BCUT2D eigenvalue weighted by molar-refractivity contribution is 0.516. The van der Waals surface area contributed by atoms with Crippen LogP contribution in [0, 0.1) is 0 Å². The number of benzene rings is 1. The summed E-state index contributed by atoms with van der Waals surface area (Å²) in [7, 11) is -3.34. The van der Waals surface area contributed by atoms with Crippen LogP contribution < -0.4 is 10.0 Å². The summed E-state index contributed by atoms with van der Waals surface area (Å²) in [4.78, 5) is 0. The van der Waals surface area contributed by atoms with Gasteiger partial charge in [0.05, 0.1) is 34.2 Å². The zero-order valence-corrected chi connectivity index (χ0v) is 13.6. The summed E-state index contributed by atoms with van der Waals surface area (Å²) in [6, 6.07) is 6.79. The molecule has 0 saturated heterocycles. The van der Waals surface area contributed by atoms with E-state index >= 15 is 0 Å². The molecule has 2 aromatic rings. The van der Waals surface area contributed by atoms with Gasteiger partial charge in [0.15, 0.2) is 0 Å². The topological polar surface area (TPSA) is 71.3 Å². The van der Waals surface area contributed by atoms with Crippen LogP contribution in [0.25, 0.3) is 0 Å². The standard InChI is InChI=1S/C12H12BrClN2O3S/c1-20(17,18)16-11-3-2-8(6-10(11)14)15-7-12-9(13)4-5-19-12/h2-6,15-16H,7H2,1H3. The van der Waals surface area contributed by atoms with Gasteiger partial charge in [0, 0.05) is 5.69 Å². The third-order valence-corrected chi connectivity index (χ3v) is 4.02. The highest BCUT2D eigenvalue weighted by atomic mass is 79.9. The number of nitrogens with one attached hydrogen (secondary N) is 2. The fourth-order valence-electron chi connectivity index (χ4n) is 1.54. The second-order valence-corrected chi connectivity index (χ2v) is 7.12. The molecule has 0 bridgehead atoms. The lowest BCUT2D eigenvalue weighted by atomic mass is 10.3. The monoisotopic (exact) mass is 378 g/mol. The Morgan fingerprint density at radius 3 is 2.65 bits per heavy atom. The number of anilines is 2. The van der Waals surface area contributed by atoms with Crippen LogP contribution in [0.15, 0.2) is 39.4 Å². The van der Waals surface area contributed by atoms with Gasteiger partial charge in [-0.15, -0.1) is 0 Å². The van der Waals surface area contributed by atoms with E-state index in [-0.39, 0.29) is 0 Å². The minimum absolute atomic E-state index is 0.318. The molecule has 5 nitrogen and oxygen atoms in total. The number of sulfonamides is 1. The van der Waals surface area contributed by atoms with E-state index in [1.54, 1.807) is 24.5 Å². The molecule has 0 aliphatic carbocycles. The molecule has 0 unspecified atom stereocenters. The van der Waals surface area contributed by atoms with Crippen molar-refractivity contribution in [3.05, 3.63) is 45.8 Å². The Hall–Kier alpha value is -1.18. The molecular weight excluding hydrogens is 368 g/mol. The third kappa shape index (κ3) is 4.16. The summed E-state index contributed by atoms with van der Waals surface area (Å²) in [5, 5.41) is 3.45. The maximum atomic E-state index is 11.2. The number of hydrogen-bond donors (Lipinski definition) is 2. The van der Waals surface area contributed by atoms with Gasteiger partial charge in [0.25, 0.3) is 0 Å². The summed E-state index contributed by atoms with van der Waals surface area (Å²) in [5.41, 5.74) is 1.11. The zero-order chi connectivity index (χ0) is 14.8. The maximum Gasteiger partial charge on any atom is 0.229 e. The van der Waals surface area contributed by atoms with Crippen LogP contribution in [0.3, 0.4) is 0 Å². The minimum Gasteiger partial charge on any atom is -0.466 e. The molecule has 0 aliphatic rings. The van der Waals surface area contributed by atoms with Gasteiger partial charge in [-0.25, -0.2) is 8.42 Å². The predicted molar refractivity (Wildman–Crippen MR) is 83.7 cm³/mol. The number of hydrogen-bond acceptors (Lipinski definition) is 4. The summed E-state index contributed by atoms with van der Waals surface area (Å²) in [5.74, 6) is 0.763. The molecular formula is C12H12BrClN2O3S. The first kappa shape index (κ1) is 15.2. The van der Waals surface area contributed by atoms with Gasteiger partial charge in [-0.05, 0) is 40.2 Å². The largest absolute Gasteiger partial charge is 0.466 e. The second-order valence-electron chi connectivity index (χ2n) is 4.11. The Morgan fingerprint density at radius 2 is 2.10 bits per heavy atom. The smallest absolute Gasteiger partial charge is 0.229 e. The Labute approximate surface area is 130 Å². The lowest BCUT2D eigenvalue weighted by Gasteiger charge is -2.09. The van der Waals surface area contributed by atoms with E-state index in [1.165, 1.54) is 0 Å². The van der Waals surface area contributed by atoms with Crippen LogP contribution in [0.4, 0.5) is 11.4 Å². The fraction of sp³-hybridized carbons (Fsp3) is 0.167. The first-order valence-electron chi connectivity index (χ1n) is 5.58. The normalized spacial score (nSPS) is 11.3. The van der Waals surface area contributed by atoms with Gasteiger partial charge < -0.3 is 9.73 Å². The average molecular weight is 380 g/mol. The van der Waals surface area contributed by atoms with Crippen LogP contribution in [0.2, 0.25) is 5.02 Å². The van der Waals surface area contributed by atoms with Gasteiger partial charge in [0.2, 0.25) is 10.0 Å². The van der Waals surface area contributed by atoms with Crippen LogP contribution in [-0.2, 0) is 16.6 Å². The van der Waals surface area contributed by atoms with E-state index in [9.17, 15) is 8.42 Å². The first-order chi connectivity index (χ1) is 9.35. The zero-order valence-electron chi connectivity index (χ0n) is 10.5. The molecule has 0 fully saturated rings. The van der Waals surface area contributed by atoms with Gasteiger partial charge in [0.1, 0.15) is 5.76 Å². The van der Waals surface area contributed by atoms with Crippen molar-refractivity contribution in [3.63, 3.8) is 0 Å². The molecule has 1 heterocycles. The summed E-state index contributed by atoms with van der Waals surface area (Å²) < 4.78 is 30.8. The third-order valence-electron chi connectivity index (χ3n) is 2.41. The summed E-state index contributed by atoms with van der Waals surface area (Å²) >= 11 is 9.39. The Kier molecular flexibility index (Phi) is 4.62. The van der Waals surface area contributed by atoms with Gasteiger partial charge in [-0.1, -0.05) is 11.6 Å². The quantitative estimate of drug-likeness (QED) is 0.831. The Bertz CT molecular complexity index is 715. The molecule has 1 aromatic carbocycles. The van der Waals surface area contributed by atoms with E-state index in [1.807, 2.05) is 6.07 Å². The van der Waals surface area contributed by atoms with Gasteiger partial charge >= 0.3 is 0 Å². The molecule has 8 heteroatoms. The molecule has 0 aliphatic heterocycles. The highest BCUT2D eigenvalue weighted by Gasteiger charge is 2.08. The van der Waals surface area contributed by atoms with Gasteiger partial charge in [-0.3, -0.25) is 4.72 Å². The van der Waals surface area contributed by atoms with E-state index in [0.29, 0.717) is 17.3 Å². The maximum absolute atomic E-state index is 11.2. The van der Waals surface area contributed by atoms with Crippen molar-refractivity contribution in [1.29, 1.82) is 0 Å². The first-order valence-corrected chi connectivity index (χ1v) is 8.64. The Balaban J connectivity index is 2.07. The Morgan fingerprint density at radius 1 is 1.35 bits per heavy atom. The van der Waals surface area contributed by atoms with Crippen molar-refractivity contribution >= 4 is 48.9 Å². The van der Waals surface area contributed by atoms with Crippen LogP contribution >= 0.6 is 27.5 Å². The van der Waals surface area contributed by atoms with E-state index < -0.39 is 10.0 Å². The van der Waals surface area contributed by atoms with Crippen molar-refractivity contribution in [2.24, 2.45) is 0 Å². The molecule has 108 valence electrons. The summed E-state index contributed by atoms with van der Waals surface area (Å²) in [6.45, 7) is 0.489. The minimum atomic E-state index is -3.34. The molecule has 0 amide bonds. The van der Waals surface area contributed by atoms with Crippen molar-refractivity contribution in [3.8, 4) is 0 Å². The number of halogens is 2. The van der Waals surface area contributed by atoms with Crippen molar-refractivity contribution < 1.29 is 12.8 Å². The van der Waals surface area contributed by atoms with Crippen molar-refractivity contribution in [2.75, 3.05) is 16.3 Å². The average Bonchev–Trinajstić information content (AvgIpc) is 2.74. The fourth-order valence-corrected chi connectivity index (χ4v) is 2.74. The van der Waals surface area contributed by atoms with Crippen LogP contribution in [0.1, 0.15) is 5.76 Å². The molecule has 0 saturated carbocycles. The van der Waals surface area contributed by atoms with Crippen LogP contribution in [0.5, 0.6) is 0 Å². The van der Waals surface area contributed by atoms with Gasteiger partial charge in [-0.2, -0.15) is 0 Å². The molecule has 0 spiro atoms. The molecule has 2 rings (SSSR count). The lowest BCUT2D eigenvalue weighted by Crippen LogP contribution is -2.10. The SMILES string of the molecule is CS(=O)(=O)Nc1ccc(NCc2occc2Br)cc1Cl. The molecule has 2 N–H and O–H groups in total. The molecule has 0 atom stereocenters. The van der Waals surface area contributed by atoms with Crippen molar-refractivity contribution in [1.82, 2.24) is 0 Å². The number of rotatable bonds is 5. The highest BCUT2D eigenvalue weighted by molar-refractivity contribution is 9.10. The summed E-state index contributed by atoms with van der Waals surface area (Å²) in [6.07, 6.45) is 2.66. The van der Waals surface area contributed by atoms with E-state index in [0.717, 1.165) is 22.2 Å². The molecule has 1 aromatic heterocycles. The molecule has 0 radical (unpaired) electrons. The van der Waals surface area contributed by atoms with Crippen LogP contribution in [-0.4, -0.2) is 14.7 Å². The van der Waals surface area contributed by atoms with Crippen molar-refractivity contribution in [2.45, 2.75) is 6.54 Å². The number of furan rings is 1.